The van der Waals surface area contributed by atoms with Gasteiger partial charge in [-0.3, -0.25) is 0 Å². The Kier molecular flexibility index (Phi) is 12.4. The number of ether oxygens (including phenoxy) is 1. The van der Waals surface area contributed by atoms with Crippen molar-refractivity contribution in [2.75, 3.05) is 6.61 Å². The normalized spacial score (nSPS) is 11.6. The summed E-state index contributed by atoms with van der Waals surface area (Å²) in [4.78, 5) is 9.17. The summed E-state index contributed by atoms with van der Waals surface area (Å²) in [7, 11) is 0. The van der Waals surface area contributed by atoms with Crippen molar-refractivity contribution in [2.45, 2.75) is 111 Å². The predicted octanol–water partition coefficient (Wildman–Crippen LogP) is 8.81. The smallest absolute Gasteiger partial charge is 0.159 e. The molecule has 0 aliphatic heterocycles. The molecule has 0 radical (unpaired) electrons. The highest BCUT2D eigenvalue weighted by atomic mass is 16.5. The topological polar surface area (TPSA) is 35.0 Å². The second kappa shape index (κ2) is 15.0. The number of aromatic nitrogens is 2. The van der Waals surface area contributed by atoms with Crippen LogP contribution in [0.5, 0.6) is 5.75 Å². The van der Waals surface area contributed by atoms with Crippen LogP contribution in [0.1, 0.15) is 110 Å². The zero-order valence-corrected chi connectivity index (χ0v) is 21.2. The molecule has 0 unspecified atom stereocenters. The molecular formula is C29H46N2O. The van der Waals surface area contributed by atoms with Crippen LogP contribution in [0.3, 0.4) is 0 Å². The largest absolute Gasteiger partial charge is 0.494 e. The third-order valence-electron chi connectivity index (χ3n) is 6.36. The first kappa shape index (κ1) is 26.4. The molecule has 1 aromatic carbocycles. The predicted molar refractivity (Wildman–Crippen MR) is 137 cm³/mol. The Bertz CT molecular complexity index is 722. The molecular weight excluding hydrogens is 392 g/mol. The Morgan fingerprint density at radius 1 is 0.719 bits per heavy atom. The van der Waals surface area contributed by atoms with E-state index >= 15 is 0 Å². The molecule has 0 fully saturated rings. The lowest BCUT2D eigenvalue weighted by Crippen LogP contribution is -2.11. The third-order valence-corrected chi connectivity index (χ3v) is 6.36. The lowest BCUT2D eigenvalue weighted by Gasteiger charge is -2.24. The highest BCUT2D eigenvalue weighted by Gasteiger charge is 2.16. The van der Waals surface area contributed by atoms with E-state index in [9.17, 15) is 0 Å². The molecule has 0 saturated heterocycles. The van der Waals surface area contributed by atoms with Gasteiger partial charge in [0.05, 0.1) is 6.61 Å². The highest BCUT2D eigenvalue weighted by Crippen LogP contribution is 2.29. The van der Waals surface area contributed by atoms with Crippen LogP contribution >= 0.6 is 0 Å². The summed E-state index contributed by atoms with van der Waals surface area (Å²) >= 11 is 0. The number of benzene rings is 1. The summed E-state index contributed by atoms with van der Waals surface area (Å²) in [5.41, 5.74) is 2.74. The van der Waals surface area contributed by atoms with Gasteiger partial charge in [-0.05, 0) is 73.8 Å². The van der Waals surface area contributed by atoms with Crippen LogP contribution in [0.25, 0.3) is 11.4 Å². The van der Waals surface area contributed by atoms with Crippen molar-refractivity contribution in [3.8, 4) is 17.1 Å². The Hall–Kier alpha value is -1.90. The quantitative estimate of drug-likeness (QED) is 0.231. The Labute approximate surface area is 197 Å². The number of hydrogen-bond donors (Lipinski definition) is 0. The number of unbranched alkanes of at least 4 members (excludes halogenated alkanes) is 7. The monoisotopic (exact) mass is 438 g/mol. The minimum Gasteiger partial charge on any atom is -0.494 e. The van der Waals surface area contributed by atoms with Crippen molar-refractivity contribution in [3.63, 3.8) is 0 Å². The van der Waals surface area contributed by atoms with Gasteiger partial charge in [-0.2, -0.15) is 0 Å². The van der Waals surface area contributed by atoms with Gasteiger partial charge in [0.1, 0.15) is 5.75 Å². The van der Waals surface area contributed by atoms with Gasteiger partial charge in [-0.15, -0.1) is 0 Å². The van der Waals surface area contributed by atoms with E-state index in [2.05, 4.69) is 49.8 Å². The van der Waals surface area contributed by atoms with E-state index in [-0.39, 0.29) is 0 Å². The van der Waals surface area contributed by atoms with Gasteiger partial charge in [0.25, 0.3) is 0 Å². The first-order valence-electron chi connectivity index (χ1n) is 13.1. The average molecular weight is 439 g/mol. The molecule has 2 rings (SSSR count). The lowest BCUT2D eigenvalue weighted by molar-refractivity contribution is 0.259. The van der Waals surface area contributed by atoms with E-state index in [1.165, 1.54) is 76.2 Å². The van der Waals surface area contributed by atoms with Gasteiger partial charge in [0.15, 0.2) is 5.82 Å². The van der Waals surface area contributed by atoms with Crippen LogP contribution in [0.15, 0.2) is 36.7 Å². The second-order valence-corrected chi connectivity index (χ2v) is 10.0. The van der Waals surface area contributed by atoms with E-state index in [0.29, 0.717) is 5.41 Å². The molecule has 0 saturated carbocycles. The summed E-state index contributed by atoms with van der Waals surface area (Å²) in [6, 6.07) is 8.19. The van der Waals surface area contributed by atoms with Crippen molar-refractivity contribution in [1.29, 1.82) is 0 Å². The summed E-state index contributed by atoms with van der Waals surface area (Å²) in [6.45, 7) is 10.1. The van der Waals surface area contributed by atoms with Crippen LogP contribution in [0.2, 0.25) is 0 Å². The standard InChI is InChI=1S/C29H46N2O/c1-5-7-9-10-11-12-15-25-23-30-28(31-24-25)26-16-18-27(19-17-26)32-22-14-13-21-29(3,4)20-8-6-2/h16-19,23-24H,5-15,20-22H2,1-4H3. The Morgan fingerprint density at radius 2 is 1.34 bits per heavy atom. The van der Waals surface area contributed by atoms with Crippen LogP contribution in [-0.4, -0.2) is 16.6 Å². The Morgan fingerprint density at radius 3 is 2.03 bits per heavy atom. The number of nitrogens with zero attached hydrogens (tertiary/aromatic N) is 2. The second-order valence-electron chi connectivity index (χ2n) is 10.0. The van der Waals surface area contributed by atoms with E-state index in [4.69, 9.17) is 4.74 Å². The van der Waals surface area contributed by atoms with Gasteiger partial charge >= 0.3 is 0 Å². The number of aryl methyl sites for hydroxylation is 1. The van der Waals surface area contributed by atoms with E-state index in [1.54, 1.807) is 0 Å². The minimum atomic E-state index is 0.460. The molecule has 0 aliphatic carbocycles. The fourth-order valence-electron chi connectivity index (χ4n) is 4.12. The van der Waals surface area contributed by atoms with Gasteiger partial charge in [-0.25, -0.2) is 9.97 Å². The first-order chi connectivity index (χ1) is 15.5. The summed E-state index contributed by atoms with van der Waals surface area (Å²) in [6.07, 6.45) is 20.5. The maximum absolute atomic E-state index is 5.95. The van der Waals surface area contributed by atoms with Gasteiger partial charge in [0, 0.05) is 18.0 Å². The molecule has 178 valence electrons. The fraction of sp³-hybridized carbons (Fsp3) is 0.655. The van der Waals surface area contributed by atoms with Crippen LogP contribution in [0, 0.1) is 5.41 Å². The van der Waals surface area contributed by atoms with Gasteiger partial charge in [-0.1, -0.05) is 72.6 Å². The molecule has 1 aromatic heterocycles. The zero-order valence-electron chi connectivity index (χ0n) is 21.2. The molecule has 0 bridgehead atoms. The van der Waals surface area contributed by atoms with Crippen molar-refractivity contribution in [1.82, 2.24) is 9.97 Å². The number of hydrogen-bond acceptors (Lipinski definition) is 3. The molecule has 0 N–H and O–H groups in total. The van der Waals surface area contributed by atoms with Gasteiger partial charge in [0.2, 0.25) is 0 Å². The summed E-state index contributed by atoms with van der Waals surface area (Å²) in [5.74, 6) is 1.72. The molecule has 3 nitrogen and oxygen atoms in total. The molecule has 1 heterocycles. The van der Waals surface area contributed by atoms with Crippen molar-refractivity contribution in [3.05, 3.63) is 42.2 Å². The first-order valence-corrected chi connectivity index (χ1v) is 13.1. The van der Waals surface area contributed by atoms with Gasteiger partial charge < -0.3 is 4.74 Å². The van der Waals surface area contributed by atoms with E-state index in [1.807, 2.05) is 24.5 Å². The molecule has 0 atom stereocenters. The van der Waals surface area contributed by atoms with Crippen LogP contribution in [-0.2, 0) is 6.42 Å². The summed E-state index contributed by atoms with van der Waals surface area (Å²) in [5, 5.41) is 0. The maximum atomic E-state index is 5.95. The van der Waals surface area contributed by atoms with E-state index < -0.39 is 0 Å². The Balaban J connectivity index is 1.68. The molecule has 2 aromatic rings. The number of rotatable bonds is 17. The SMILES string of the molecule is CCCCCCCCc1cnc(-c2ccc(OCCCCC(C)(C)CCCC)cc2)nc1. The highest BCUT2D eigenvalue weighted by molar-refractivity contribution is 5.55. The zero-order chi connectivity index (χ0) is 23.1. The summed E-state index contributed by atoms with van der Waals surface area (Å²) < 4.78 is 5.95. The van der Waals surface area contributed by atoms with E-state index in [0.717, 1.165) is 36.6 Å². The third kappa shape index (κ3) is 10.6. The molecule has 0 aliphatic rings. The van der Waals surface area contributed by atoms with Crippen molar-refractivity contribution < 1.29 is 4.74 Å². The fourth-order valence-corrected chi connectivity index (χ4v) is 4.12. The molecule has 3 heteroatoms. The minimum absolute atomic E-state index is 0.460. The maximum Gasteiger partial charge on any atom is 0.159 e. The van der Waals surface area contributed by atoms with Crippen LogP contribution in [0.4, 0.5) is 0 Å². The van der Waals surface area contributed by atoms with Crippen molar-refractivity contribution >= 4 is 0 Å². The van der Waals surface area contributed by atoms with Crippen LogP contribution < -0.4 is 4.74 Å². The molecule has 0 amide bonds. The molecule has 0 spiro atoms. The lowest BCUT2D eigenvalue weighted by atomic mass is 9.82. The van der Waals surface area contributed by atoms with Crippen molar-refractivity contribution in [2.24, 2.45) is 5.41 Å². The molecule has 32 heavy (non-hydrogen) atoms. The average Bonchev–Trinajstić information content (AvgIpc) is 2.80.